The summed E-state index contributed by atoms with van der Waals surface area (Å²) in [7, 11) is 0. The Morgan fingerprint density at radius 2 is 1.91 bits per heavy atom. The van der Waals surface area contributed by atoms with Gasteiger partial charge in [0, 0.05) is 11.4 Å². The molecular formula is C19H18N2O. The molecule has 2 aromatic carbocycles. The summed E-state index contributed by atoms with van der Waals surface area (Å²) in [6.07, 6.45) is 4.30. The van der Waals surface area contributed by atoms with Gasteiger partial charge in [-0.1, -0.05) is 43.0 Å². The van der Waals surface area contributed by atoms with E-state index < -0.39 is 0 Å². The molecule has 0 spiro atoms. The third-order valence-corrected chi connectivity index (χ3v) is 3.73. The Kier molecular flexibility index (Phi) is 3.79. The molecule has 2 aromatic rings. The van der Waals surface area contributed by atoms with Crippen molar-refractivity contribution in [3.63, 3.8) is 0 Å². The summed E-state index contributed by atoms with van der Waals surface area (Å²) >= 11 is 0. The van der Waals surface area contributed by atoms with Crippen molar-refractivity contribution < 1.29 is 4.79 Å². The second-order valence-corrected chi connectivity index (χ2v) is 5.37. The van der Waals surface area contributed by atoms with Crippen molar-refractivity contribution in [1.29, 1.82) is 0 Å². The van der Waals surface area contributed by atoms with Crippen LogP contribution in [0.3, 0.4) is 0 Å². The average molecular weight is 290 g/mol. The summed E-state index contributed by atoms with van der Waals surface area (Å²) in [4.78, 5) is 11.9. The maximum absolute atomic E-state index is 11.9. The quantitative estimate of drug-likeness (QED) is 0.687. The van der Waals surface area contributed by atoms with E-state index in [-0.39, 0.29) is 6.03 Å². The minimum Gasteiger partial charge on any atom is -0.312 e. The van der Waals surface area contributed by atoms with E-state index in [1.807, 2.05) is 19.1 Å². The number of nitrogens with one attached hydrogen (secondary N) is 2. The Morgan fingerprint density at radius 1 is 1.14 bits per heavy atom. The number of hydrogen-bond donors (Lipinski definition) is 2. The zero-order valence-electron chi connectivity index (χ0n) is 12.5. The summed E-state index contributed by atoms with van der Waals surface area (Å²) in [5.41, 5.74) is 6.68. The van der Waals surface area contributed by atoms with Crippen molar-refractivity contribution in [2.75, 3.05) is 5.32 Å². The molecular weight excluding hydrogens is 272 g/mol. The molecule has 0 heterocycles. The van der Waals surface area contributed by atoms with Gasteiger partial charge in [-0.2, -0.15) is 0 Å². The van der Waals surface area contributed by atoms with E-state index in [1.165, 1.54) is 22.3 Å². The van der Waals surface area contributed by atoms with Crippen LogP contribution in [0.25, 0.3) is 11.1 Å². The first-order chi connectivity index (χ1) is 10.7. The van der Waals surface area contributed by atoms with Crippen LogP contribution in [-0.2, 0) is 6.42 Å². The molecule has 110 valence electrons. The van der Waals surface area contributed by atoms with Gasteiger partial charge in [0.2, 0.25) is 0 Å². The monoisotopic (exact) mass is 290 g/mol. The van der Waals surface area contributed by atoms with Gasteiger partial charge in [-0.05, 0) is 53.8 Å². The molecule has 0 atom stereocenters. The van der Waals surface area contributed by atoms with Crippen molar-refractivity contribution in [2.45, 2.75) is 13.3 Å². The first-order valence-corrected chi connectivity index (χ1v) is 7.26. The number of amides is 2. The van der Waals surface area contributed by atoms with Crippen molar-refractivity contribution in [3.8, 4) is 11.1 Å². The largest absolute Gasteiger partial charge is 0.323 e. The van der Waals surface area contributed by atoms with Gasteiger partial charge in [0.25, 0.3) is 0 Å². The van der Waals surface area contributed by atoms with Crippen LogP contribution < -0.4 is 10.6 Å². The molecule has 2 N–H and O–H groups in total. The first kappa shape index (κ1) is 14.1. The van der Waals surface area contributed by atoms with Crippen LogP contribution in [0.2, 0.25) is 0 Å². The predicted octanol–water partition coefficient (Wildman–Crippen LogP) is 4.47. The molecule has 2 amide bonds. The Morgan fingerprint density at radius 3 is 2.73 bits per heavy atom. The highest BCUT2D eigenvalue weighted by molar-refractivity contribution is 5.91. The minimum atomic E-state index is -0.244. The van der Waals surface area contributed by atoms with Crippen LogP contribution in [0.15, 0.2) is 66.9 Å². The third-order valence-electron chi connectivity index (χ3n) is 3.73. The standard InChI is InChI=1S/C19H18N2O/c1-3-6-13(2)20-19(22)21-16-9-10-18-15(12-16)11-14-7-4-5-8-17(14)18/h3-10,12H,1,11H2,2H3,(H2,20,21,22)/b13-6+. The number of allylic oxidation sites excluding steroid dienone is 3. The second kappa shape index (κ2) is 5.90. The molecule has 0 unspecified atom stereocenters. The number of urea groups is 1. The lowest BCUT2D eigenvalue weighted by Crippen LogP contribution is -2.27. The first-order valence-electron chi connectivity index (χ1n) is 7.26. The molecule has 3 heteroatoms. The molecule has 0 saturated carbocycles. The zero-order valence-corrected chi connectivity index (χ0v) is 12.5. The highest BCUT2D eigenvalue weighted by Gasteiger charge is 2.18. The number of anilines is 1. The molecule has 0 saturated heterocycles. The molecule has 0 fully saturated rings. The third kappa shape index (κ3) is 2.79. The maximum Gasteiger partial charge on any atom is 0.323 e. The van der Waals surface area contributed by atoms with Gasteiger partial charge < -0.3 is 10.6 Å². The molecule has 3 nitrogen and oxygen atoms in total. The van der Waals surface area contributed by atoms with Crippen molar-refractivity contribution in [3.05, 3.63) is 78.0 Å². The zero-order chi connectivity index (χ0) is 15.5. The summed E-state index contributed by atoms with van der Waals surface area (Å²) in [6.45, 7) is 5.42. The number of hydrogen-bond acceptors (Lipinski definition) is 1. The van der Waals surface area contributed by atoms with Crippen LogP contribution in [0.4, 0.5) is 10.5 Å². The SMILES string of the molecule is C=C/C=C(\C)NC(=O)Nc1ccc2c(c1)Cc1ccccc1-2. The summed E-state index contributed by atoms with van der Waals surface area (Å²) in [6, 6.07) is 14.2. The van der Waals surface area contributed by atoms with Crippen molar-refractivity contribution >= 4 is 11.7 Å². The Hall–Kier alpha value is -2.81. The second-order valence-electron chi connectivity index (χ2n) is 5.37. The number of benzene rings is 2. The molecule has 0 bridgehead atoms. The van der Waals surface area contributed by atoms with E-state index in [4.69, 9.17) is 0 Å². The van der Waals surface area contributed by atoms with E-state index in [0.29, 0.717) is 0 Å². The molecule has 0 aliphatic heterocycles. The van der Waals surface area contributed by atoms with Gasteiger partial charge in [-0.3, -0.25) is 0 Å². The highest BCUT2D eigenvalue weighted by atomic mass is 16.2. The molecule has 1 aliphatic rings. The van der Waals surface area contributed by atoms with E-state index >= 15 is 0 Å². The van der Waals surface area contributed by atoms with Gasteiger partial charge in [-0.15, -0.1) is 0 Å². The van der Waals surface area contributed by atoms with E-state index in [0.717, 1.165) is 17.8 Å². The van der Waals surface area contributed by atoms with Gasteiger partial charge in [0.1, 0.15) is 0 Å². The van der Waals surface area contributed by atoms with Crippen LogP contribution in [0.5, 0.6) is 0 Å². The number of fused-ring (bicyclic) bond motifs is 3. The Labute approximate surface area is 130 Å². The molecule has 1 aliphatic carbocycles. The molecule has 0 radical (unpaired) electrons. The van der Waals surface area contributed by atoms with Gasteiger partial charge in [-0.25, -0.2) is 4.79 Å². The van der Waals surface area contributed by atoms with Gasteiger partial charge in [0.15, 0.2) is 0 Å². The van der Waals surface area contributed by atoms with Crippen molar-refractivity contribution in [2.24, 2.45) is 0 Å². The topological polar surface area (TPSA) is 41.1 Å². The fourth-order valence-electron chi connectivity index (χ4n) is 2.78. The normalized spacial score (nSPS) is 12.3. The summed E-state index contributed by atoms with van der Waals surface area (Å²) in [5, 5.41) is 5.62. The van der Waals surface area contributed by atoms with Crippen LogP contribution >= 0.6 is 0 Å². The number of carbonyl (C=O) groups is 1. The molecule has 22 heavy (non-hydrogen) atoms. The molecule has 0 aromatic heterocycles. The van der Waals surface area contributed by atoms with Crippen molar-refractivity contribution in [1.82, 2.24) is 5.32 Å². The van der Waals surface area contributed by atoms with E-state index in [2.05, 4.69) is 47.5 Å². The highest BCUT2D eigenvalue weighted by Crippen LogP contribution is 2.37. The number of rotatable bonds is 3. The summed E-state index contributed by atoms with van der Waals surface area (Å²) < 4.78 is 0. The number of carbonyl (C=O) groups excluding carboxylic acids is 1. The van der Waals surface area contributed by atoms with E-state index in [1.54, 1.807) is 12.2 Å². The van der Waals surface area contributed by atoms with E-state index in [9.17, 15) is 4.79 Å². The van der Waals surface area contributed by atoms with Crippen LogP contribution in [-0.4, -0.2) is 6.03 Å². The van der Waals surface area contributed by atoms with Crippen LogP contribution in [0.1, 0.15) is 18.1 Å². The minimum absolute atomic E-state index is 0.244. The average Bonchev–Trinajstić information content (AvgIpc) is 2.84. The summed E-state index contributed by atoms with van der Waals surface area (Å²) in [5.74, 6) is 0. The lowest BCUT2D eigenvalue weighted by Gasteiger charge is -2.09. The predicted molar refractivity (Wildman–Crippen MR) is 90.8 cm³/mol. The fourth-order valence-corrected chi connectivity index (χ4v) is 2.78. The smallest absolute Gasteiger partial charge is 0.312 e. The Balaban J connectivity index is 1.76. The lowest BCUT2D eigenvalue weighted by atomic mass is 10.1. The van der Waals surface area contributed by atoms with Crippen LogP contribution in [0, 0.1) is 0 Å². The lowest BCUT2D eigenvalue weighted by molar-refractivity contribution is 0.254. The van der Waals surface area contributed by atoms with Gasteiger partial charge in [0.05, 0.1) is 0 Å². The van der Waals surface area contributed by atoms with Gasteiger partial charge >= 0.3 is 6.03 Å². The molecule has 3 rings (SSSR count). The fraction of sp³-hybridized carbons (Fsp3) is 0.105. The Bertz CT molecular complexity index is 775. The maximum atomic E-state index is 11.9.